The summed E-state index contributed by atoms with van der Waals surface area (Å²) in [5.74, 6) is -0.958. The van der Waals surface area contributed by atoms with Gasteiger partial charge in [-0.1, -0.05) is 11.6 Å². The van der Waals surface area contributed by atoms with Crippen LogP contribution in [0.3, 0.4) is 0 Å². The molecule has 2 aromatic rings. The molecule has 2 rings (SSSR count). The molecule has 0 fully saturated rings. The van der Waals surface area contributed by atoms with Gasteiger partial charge in [0.2, 0.25) is 0 Å². The Morgan fingerprint density at radius 2 is 2.00 bits per heavy atom. The Hall–Kier alpha value is -1.87. The van der Waals surface area contributed by atoms with E-state index < -0.39 is 16.5 Å². The lowest BCUT2D eigenvalue weighted by molar-refractivity contribution is -0.385. The van der Waals surface area contributed by atoms with Crippen molar-refractivity contribution < 1.29 is 14.8 Å². The normalized spacial score (nSPS) is 10.2. The molecule has 0 saturated carbocycles. The second-order valence-electron chi connectivity index (χ2n) is 4.04. The van der Waals surface area contributed by atoms with E-state index in [2.05, 4.69) is 27.9 Å². The molecule has 2 aromatic carbocycles. The number of nitro benzene ring substituents is 1. The van der Waals surface area contributed by atoms with E-state index >= 15 is 0 Å². The van der Waals surface area contributed by atoms with Crippen LogP contribution in [0.5, 0.6) is 5.75 Å². The number of carbonyl (C=O) groups excluding carboxylic acids is 1. The van der Waals surface area contributed by atoms with Gasteiger partial charge in [-0.25, -0.2) is 0 Å². The van der Waals surface area contributed by atoms with Crippen LogP contribution in [-0.4, -0.2) is 15.9 Å². The first kappa shape index (κ1) is 15.5. The summed E-state index contributed by atoms with van der Waals surface area (Å²) in [6, 6.07) is 8.23. The van der Waals surface area contributed by atoms with E-state index in [1.807, 2.05) is 0 Å². The highest BCUT2D eigenvalue weighted by Crippen LogP contribution is 2.27. The van der Waals surface area contributed by atoms with Crippen LogP contribution in [0.4, 0.5) is 11.4 Å². The monoisotopic (exact) mass is 418 g/mol. The zero-order valence-electron chi connectivity index (χ0n) is 10.3. The summed E-state index contributed by atoms with van der Waals surface area (Å²) in [7, 11) is 0. The first-order valence-corrected chi connectivity index (χ1v) is 7.08. The Bertz CT molecular complexity index is 736. The van der Waals surface area contributed by atoms with E-state index in [0.717, 1.165) is 21.8 Å². The molecule has 21 heavy (non-hydrogen) atoms. The van der Waals surface area contributed by atoms with E-state index in [1.54, 1.807) is 18.2 Å². The topological polar surface area (TPSA) is 92.5 Å². The number of hydrogen-bond acceptors (Lipinski definition) is 4. The number of anilines is 1. The van der Waals surface area contributed by atoms with Gasteiger partial charge in [0, 0.05) is 9.64 Å². The van der Waals surface area contributed by atoms with Gasteiger partial charge in [0.05, 0.1) is 15.6 Å². The number of nitro groups is 1. The minimum absolute atomic E-state index is 0.237. The molecule has 0 atom stereocenters. The highest BCUT2D eigenvalue weighted by Gasteiger charge is 2.21. The molecule has 0 aliphatic heterocycles. The Morgan fingerprint density at radius 1 is 1.29 bits per heavy atom. The lowest BCUT2D eigenvalue weighted by atomic mass is 10.1. The zero-order chi connectivity index (χ0) is 15.6. The standard InChI is InChI=1S/C13H8ClIN2O4/c14-10-5-7(15)1-3-11(10)16-13(19)9-6-8(18)2-4-12(9)17(20)21/h1-6,18H,(H,16,19). The fourth-order valence-electron chi connectivity index (χ4n) is 1.65. The molecule has 6 nitrogen and oxygen atoms in total. The lowest BCUT2D eigenvalue weighted by Gasteiger charge is -2.08. The van der Waals surface area contributed by atoms with Crippen molar-refractivity contribution in [2.75, 3.05) is 5.32 Å². The van der Waals surface area contributed by atoms with E-state index in [4.69, 9.17) is 11.6 Å². The average Bonchev–Trinajstić information content (AvgIpc) is 2.41. The molecule has 8 heteroatoms. The highest BCUT2D eigenvalue weighted by atomic mass is 127. The number of carbonyl (C=O) groups is 1. The summed E-state index contributed by atoms with van der Waals surface area (Å²) in [5, 5.41) is 23.1. The minimum Gasteiger partial charge on any atom is -0.508 e. The first-order chi connectivity index (χ1) is 9.88. The summed E-state index contributed by atoms with van der Waals surface area (Å²) >= 11 is 8.06. The predicted octanol–water partition coefficient (Wildman–Crippen LogP) is 3.81. The molecule has 0 unspecified atom stereocenters. The molecule has 1 amide bonds. The maximum Gasteiger partial charge on any atom is 0.282 e. The van der Waals surface area contributed by atoms with Crippen LogP contribution in [0, 0.1) is 13.7 Å². The third-order valence-electron chi connectivity index (χ3n) is 2.60. The molecule has 2 N–H and O–H groups in total. The van der Waals surface area contributed by atoms with Crippen LogP contribution in [0.15, 0.2) is 36.4 Å². The van der Waals surface area contributed by atoms with Gasteiger partial charge >= 0.3 is 0 Å². The third-order valence-corrected chi connectivity index (χ3v) is 3.58. The summed E-state index contributed by atoms with van der Waals surface area (Å²) in [6.07, 6.45) is 0. The van der Waals surface area contributed by atoms with Crippen molar-refractivity contribution in [2.24, 2.45) is 0 Å². The number of phenolic OH excluding ortho intramolecular Hbond substituents is 1. The first-order valence-electron chi connectivity index (χ1n) is 5.62. The Labute approximate surface area is 138 Å². The van der Waals surface area contributed by atoms with Gasteiger partial charge < -0.3 is 10.4 Å². The van der Waals surface area contributed by atoms with Gasteiger partial charge in [-0.15, -0.1) is 0 Å². The maximum atomic E-state index is 12.1. The number of nitrogens with one attached hydrogen (secondary N) is 1. The molecule has 0 aliphatic rings. The van der Waals surface area contributed by atoms with Crippen LogP contribution in [0.2, 0.25) is 5.02 Å². The van der Waals surface area contributed by atoms with Gasteiger partial charge in [-0.05, 0) is 52.9 Å². The molecule has 0 saturated heterocycles. The maximum absolute atomic E-state index is 12.1. The number of benzene rings is 2. The second-order valence-corrected chi connectivity index (χ2v) is 5.69. The molecule has 108 valence electrons. The number of nitrogens with zero attached hydrogens (tertiary/aromatic N) is 1. The fourth-order valence-corrected chi connectivity index (χ4v) is 2.55. The quantitative estimate of drug-likeness (QED) is 0.450. The fraction of sp³-hybridized carbons (Fsp3) is 0. The van der Waals surface area contributed by atoms with E-state index in [1.165, 1.54) is 0 Å². The molecular formula is C13H8ClIN2O4. The lowest BCUT2D eigenvalue weighted by Crippen LogP contribution is -2.14. The number of amides is 1. The summed E-state index contributed by atoms with van der Waals surface area (Å²) in [5.41, 5.74) is -0.304. The van der Waals surface area contributed by atoms with Crippen molar-refractivity contribution in [1.29, 1.82) is 0 Å². The summed E-state index contributed by atoms with van der Waals surface area (Å²) in [6.45, 7) is 0. The Balaban J connectivity index is 2.36. The number of halogens is 2. The van der Waals surface area contributed by atoms with Crippen LogP contribution < -0.4 is 5.32 Å². The van der Waals surface area contributed by atoms with E-state index in [-0.39, 0.29) is 11.3 Å². The number of aromatic hydroxyl groups is 1. The molecule has 0 bridgehead atoms. The van der Waals surface area contributed by atoms with E-state index in [9.17, 15) is 20.0 Å². The van der Waals surface area contributed by atoms with Crippen molar-refractivity contribution in [3.05, 3.63) is 60.7 Å². The van der Waals surface area contributed by atoms with Crippen molar-refractivity contribution in [1.82, 2.24) is 0 Å². The second kappa shape index (κ2) is 6.27. The highest BCUT2D eigenvalue weighted by molar-refractivity contribution is 14.1. The molecule has 0 aliphatic carbocycles. The molecular weight excluding hydrogens is 411 g/mol. The van der Waals surface area contributed by atoms with Gasteiger partial charge in [-0.3, -0.25) is 14.9 Å². The molecule has 0 heterocycles. The SMILES string of the molecule is O=C(Nc1ccc(I)cc1Cl)c1cc(O)ccc1[N+](=O)[O-]. The van der Waals surface area contributed by atoms with Crippen LogP contribution in [0.1, 0.15) is 10.4 Å². The van der Waals surface area contributed by atoms with Crippen molar-refractivity contribution in [3.63, 3.8) is 0 Å². The smallest absolute Gasteiger partial charge is 0.282 e. The predicted molar refractivity (Wildman–Crippen MR) is 86.9 cm³/mol. The average molecular weight is 419 g/mol. The van der Waals surface area contributed by atoms with Crippen molar-refractivity contribution >= 4 is 51.5 Å². The Morgan fingerprint density at radius 3 is 2.62 bits per heavy atom. The van der Waals surface area contributed by atoms with Crippen LogP contribution >= 0.6 is 34.2 Å². The Kier molecular flexibility index (Phi) is 4.63. The van der Waals surface area contributed by atoms with Gasteiger partial charge in [0.25, 0.3) is 11.6 Å². The number of rotatable bonds is 3. The third kappa shape index (κ3) is 3.61. The summed E-state index contributed by atoms with van der Waals surface area (Å²) in [4.78, 5) is 22.4. The molecule has 0 radical (unpaired) electrons. The molecule has 0 spiro atoms. The zero-order valence-corrected chi connectivity index (χ0v) is 13.3. The van der Waals surface area contributed by atoms with Gasteiger partial charge in [0.1, 0.15) is 11.3 Å². The summed E-state index contributed by atoms with van der Waals surface area (Å²) < 4.78 is 0.888. The van der Waals surface area contributed by atoms with Crippen LogP contribution in [0.25, 0.3) is 0 Å². The van der Waals surface area contributed by atoms with Crippen molar-refractivity contribution in [2.45, 2.75) is 0 Å². The van der Waals surface area contributed by atoms with Gasteiger partial charge in [-0.2, -0.15) is 0 Å². The minimum atomic E-state index is -0.722. The van der Waals surface area contributed by atoms with E-state index in [0.29, 0.717) is 10.7 Å². The number of phenols is 1. The largest absolute Gasteiger partial charge is 0.508 e. The van der Waals surface area contributed by atoms with Gasteiger partial charge in [0.15, 0.2) is 0 Å². The number of hydrogen-bond donors (Lipinski definition) is 2. The molecule has 0 aromatic heterocycles. The van der Waals surface area contributed by atoms with Crippen molar-refractivity contribution in [3.8, 4) is 5.75 Å². The van der Waals surface area contributed by atoms with Crippen LogP contribution in [-0.2, 0) is 0 Å².